The molecule has 2 rings (SSSR count). The Morgan fingerprint density at radius 3 is 2.40 bits per heavy atom. The van der Waals surface area contributed by atoms with Gasteiger partial charge in [-0.3, -0.25) is 0 Å². The Morgan fingerprint density at radius 2 is 1.80 bits per heavy atom. The predicted octanol–water partition coefficient (Wildman–Crippen LogP) is 4.98. The Labute approximate surface area is 129 Å². The van der Waals surface area contributed by atoms with Crippen LogP contribution in [0.1, 0.15) is 18.1 Å². The fraction of sp³-hybridized carbons (Fsp3) is 0.250. The van der Waals surface area contributed by atoms with E-state index in [4.69, 9.17) is 33.7 Å². The summed E-state index contributed by atoms with van der Waals surface area (Å²) in [7, 11) is 0. The van der Waals surface area contributed by atoms with Crippen molar-refractivity contribution in [3.05, 3.63) is 57.6 Å². The molecule has 0 saturated carbocycles. The van der Waals surface area contributed by atoms with Crippen LogP contribution < -0.4 is 10.5 Å². The first-order valence-corrected chi connectivity index (χ1v) is 7.19. The maximum Gasteiger partial charge on any atom is 0.146 e. The van der Waals surface area contributed by atoms with Gasteiger partial charge in [-0.05, 0) is 61.7 Å². The van der Waals surface area contributed by atoms with E-state index >= 15 is 0 Å². The quantitative estimate of drug-likeness (QED) is 0.864. The summed E-state index contributed by atoms with van der Waals surface area (Å²) in [5, 5.41) is 1.27. The van der Waals surface area contributed by atoms with Gasteiger partial charge in [-0.25, -0.2) is 0 Å². The molecule has 4 heteroatoms. The summed E-state index contributed by atoms with van der Waals surface area (Å²) in [5.41, 5.74) is 7.85. The van der Waals surface area contributed by atoms with E-state index < -0.39 is 0 Å². The molecule has 0 radical (unpaired) electrons. The second-order valence-corrected chi connectivity index (χ2v) is 5.80. The molecule has 0 bridgehead atoms. The van der Waals surface area contributed by atoms with Gasteiger partial charge in [0.05, 0.1) is 5.02 Å². The van der Waals surface area contributed by atoms with Crippen LogP contribution in [0, 0.1) is 6.92 Å². The maximum absolute atomic E-state index is 6.25. The summed E-state index contributed by atoms with van der Waals surface area (Å²) >= 11 is 12.2. The van der Waals surface area contributed by atoms with Crippen molar-refractivity contribution in [3.8, 4) is 11.5 Å². The number of nitrogens with two attached hydrogens (primary N) is 1. The molecule has 20 heavy (non-hydrogen) atoms. The monoisotopic (exact) mass is 309 g/mol. The van der Waals surface area contributed by atoms with Gasteiger partial charge < -0.3 is 10.5 Å². The van der Waals surface area contributed by atoms with Crippen molar-refractivity contribution in [1.82, 2.24) is 0 Å². The number of rotatable bonds is 4. The minimum atomic E-state index is 0.108. The van der Waals surface area contributed by atoms with Crippen LogP contribution in [-0.4, -0.2) is 6.04 Å². The van der Waals surface area contributed by atoms with E-state index in [0.717, 1.165) is 23.3 Å². The van der Waals surface area contributed by atoms with E-state index in [9.17, 15) is 0 Å². The van der Waals surface area contributed by atoms with Gasteiger partial charge in [0.2, 0.25) is 0 Å². The molecule has 1 unspecified atom stereocenters. The minimum absolute atomic E-state index is 0.108. The van der Waals surface area contributed by atoms with Crippen LogP contribution in [0.3, 0.4) is 0 Å². The average molecular weight is 310 g/mol. The highest BCUT2D eigenvalue weighted by molar-refractivity contribution is 6.32. The van der Waals surface area contributed by atoms with Crippen molar-refractivity contribution >= 4 is 23.2 Å². The number of aryl methyl sites for hydroxylation is 1. The van der Waals surface area contributed by atoms with Gasteiger partial charge in [-0.2, -0.15) is 0 Å². The van der Waals surface area contributed by atoms with Crippen LogP contribution in [0.2, 0.25) is 10.0 Å². The molecule has 0 aliphatic carbocycles. The van der Waals surface area contributed by atoms with Gasteiger partial charge in [0.25, 0.3) is 0 Å². The Bertz CT molecular complexity index is 611. The smallest absolute Gasteiger partial charge is 0.146 e. The molecule has 0 aliphatic rings. The molecule has 106 valence electrons. The van der Waals surface area contributed by atoms with Crippen LogP contribution >= 0.6 is 23.2 Å². The second kappa shape index (κ2) is 6.49. The van der Waals surface area contributed by atoms with E-state index in [1.165, 1.54) is 0 Å². The highest BCUT2D eigenvalue weighted by atomic mass is 35.5. The van der Waals surface area contributed by atoms with Crippen molar-refractivity contribution < 1.29 is 4.74 Å². The Kier molecular flexibility index (Phi) is 4.92. The Morgan fingerprint density at radius 1 is 1.10 bits per heavy atom. The predicted molar refractivity (Wildman–Crippen MR) is 85.1 cm³/mol. The number of hydrogen-bond donors (Lipinski definition) is 1. The van der Waals surface area contributed by atoms with Gasteiger partial charge in [-0.1, -0.05) is 29.3 Å². The standard InChI is InChI=1S/C16H17Cl2NO/c1-10-7-13(17)4-6-15(10)20-16-5-3-12(8-11(2)19)9-14(16)18/h3-7,9,11H,8,19H2,1-2H3. The molecule has 0 aliphatic heterocycles. The molecular weight excluding hydrogens is 293 g/mol. The third-order valence-corrected chi connectivity index (χ3v) is 3.44. The number of halogens is 2. The van der Waals surface area contributed by atoms with Crippen LogP contribution in [0.4, 0.5) is 0 Å². The van der Waals surface area contributed by atoms with Crippen molar-refractivity contribution in [1.29, 1.82) is 0 Å². The van der Waals surface area contributed by atoms with Crippen molar-refractivity contribution in [2.75, 3.05) is 0 Å². The lowest BCUT2D eigenvalue weighted by atomic mass is 10.1. The fourth-order valence-corrected chi connectivity index (χ4v) is 2.44. The molecule has 2 nitrogen and oxygen atoms in total. The largest absolute Gasteiger partial charge is 0.456 e. The van der Waals surface area contributed by atoms with Gasteiger partial charge >= 0.3 is 0 Å². The van der Waals surface area contributed by atoms with E-state index in [1.54, 1.807) is 6.07 Å². The summed E-state index contributed by atoms with van der Waals surface area (Å²) in [6.45, 7) is 3.91. The molecular formula is C16H17Cl2NO. The lowest BCUT2D eigenvalue weighted by molar-refractivity contribution is 0.479. The fourth-order valence-electron chi connectivity index (χ4n) is 1.97. The first kappa shape index (κ1) is 15.2. The normalized spacial score (nSPS) is 12.2. The molecule has 0 heterocycles. The molecule has 0 aromatic heterocycles. The first-order chi connectivity index (χ1) is 9.45. The zero-order valence-corrected chi connectivity index (χ0v) is 13.0. The summed E-state index contributed by atoms with van der Waals surface area (Å²) in [4.78, 5) is 0. The Hall–Kier alpha value is -1.22. The molecule has 2 N–H and O–H groups in total. The molecule has 1 atom stereocenters. The third-order valence-electron chi connectivity index (χ3n) is 2.91. The SMILES string of the molecule is Cc1cc(Cl)ccc1Oc1ccc(CC(C)N)cc1Cl. The highest BCUT2D eigenvalue weighted by Crippen LogP contribution is 2.32. The maximum atomic E-state index is 6.25. The number of hydrogen-bond acceptors (Lipinski definition) is 2. The highest BCUT2D eigenvalue weighted by Gasteiger charge is 2.08. The lowest BCUT2D eigenvalue weighted by Gasteiger charge is -2.12. The first-order valence-electron chi connectivity index (χ1n) is 6.43. The van der Waals surface area contributed by atoms with Crippen molar-refractivity contribution in [2.24, 2.45) is 5.73 Å². The zero-order chi connectivity index (χ0) is 14.7. The number of benzene rings is 2. The molecule has 0 fully saturated rings. The minimum Gasteiger partial charge on any atom is -0.456 e. The van der Waals surface area contributed by atoms with E-state index in [2.05, 4.69) is 0 Å². The summed E-state index contributed by atoms with van der Waals surface area (Å²) < 4.78 is 5.83. The molecule has 0 amide bonds. The Balaban J connectivity index is 2.21. The van der Waals surface area contributed by atoms with E-state index in [1.807, 2.05) is 44.2 Å². The molecule has 0 saturated heterocycles. The second-order valence-electron chi connectivity index (χ2n) is 4.96. The van der Waals surface area contributed by atoms with Crippen molar-refractivity contribution in [3.63, 3.8) is 0 Å². The molecule has 2 aromatic rings. The number of ether oxygens (including phenoxy) is 1. The van der Waals surface area contributed by atoms with Crippen LogP contribution in [0.25, 0.3) is 0 Å². The van der Waals surface area contributed by atoms with E-state index in [0.29, 0.717) is 15.8 Å². The van der Waals surface area contributed by atoms with Crippen LogP contribution in [0.15, 0.2) is 36.4 Å². The summed E-state index contributed by atoms with van der Waals surface area (Å²) in [5.74, 6) is 1.38. The van der Waals surface area contributed by atoms with Crippen molar-refractivity contribution in [2.45, 2.75) is 26.3 Å². The third kappa shape index (κ3) is 3.89. The topological polar surface area (TPSA) is 35.2 Å². The summed E-state index contributed by atoms with van der Waals surface area (Å²) in [6.07, 6.45) is 0.792. The van der Waals surface area contributed by atoms with Crippen LogP contribution in [-0.2, 0) is 6.42 Å². The molecule has 2 aromatic carbocycles. The molecule has 0 spiro atoms. The van der Waals surface area contributed by atoms with Gasteiger partial charge in [0.1, 0.15) is 11.5 Å². The summed E-state index contributed by atoms with van der Waals surface area (Å²) in [6, 6.07) is 11.3. The average Bonchev–Trinajstić information content (AvgIpc) is 2.34. The van der Waals surface area contributed by atoms with Gasteiger partial charge in [-0.15, -0.1) is 0 Å². The lowest BCUT2D eigenvalue weighted by Crippen LogP contribution is -2.17. The van der Waals surface area contributed by atoms with Crippen LogP contribution in [0.5, 0.6) is 11.5 Å². The van der Waals surface area contributed by atoms with Gasteiger partial charge in [0, 0.05) is 11.1 Å². The zero-order valence-electron chi connectivity index (χ0n) is 11.5. The van der Waals surface area contributed by atoms with E-state index in [-0.39, 0.29) is 6.04 Å². The van der Waals surface area contributed by atoms with Gasteiger partial charge in [0.15, 0.2) is 0 Å².